The molecule has 1 aliphatic rings. The van der Waals surface area contributed by atoms with Gasteiger partial charge in [-0.05, 0) is 99.9 Å². The Kier molecular flexibility index (Phi) is 5.60. The average molecular weight is 499 g/mol. The van der Waals surface area contributed by atoms with Crippen molar-refractivity contribution in [1.29, 1.82) is 0 Å². The van der Waals surface area contributed by atoms with Crippen LogP contribution in [0.5, 0.6) is 28.7 Å². The average Bonchev–Trinajstić information content (AvgIpc) is 3.76. The van der Waals surface area contributed by atoms with Crippen molar-refractivity contribution in [1.82, 2.24) is 0 Å². The largest absolute Gasteiger partial charge is 0.491 e. The standard InChI is InChI=1S/C34H26O4/c1-22-2-3-23-5-10-30(16-26(23)14-22)37-32-12-7-25-8-13-33(19-28(25)18-32)38-31-11-6-24-4-9-29(15-27(24)17-31)35-20-34-21-36-34/h2-19,34H,20-21H2,1H3. The number of hydrogen-bond donors (Lipinski definition) is 0. The molecule has 1 aliphatic heterocycles. The lowest BCUT2D eigenvalue weighted by Crippen LogP contribution is -2.03. The monoisotopic (exact) mass is 498 g/mol. The highest BCUT2D eigenvalue weighted by molar-refractivity contribution is 5.87. The predicted molar refractivity (Wildman–Crippen MR) is 152 cm³/mol. The van der Waals surface area contributed by atoms with E-state index in [2.05, 4.69) is 67.6 Å². The molecule has 4 nitrogen and oxygen atoms in total. The van der Waals surface area contributed by atoms with E-state index in [1.807, 2.05) is 48.5 Å². The highest BCUT2D eigenvalue weighted by Crippen LogP contribution is 2.33. The van der Waals surface area contributed by atoms with Crippen LogP contribution in [0.15, 0.2) is 109 Å². The Morgan fingerprint density at radius 2 is 0.921 bits per heavy atom. The third-order valence-electron chi connectivity index (χ3n) is 6.84. The Labute approximate surface area is 220 Å². The summed E-state index contributed by atoms with van der Waals surface area (Å²) >= 11 is 0. The molecule has 1 atom stereocenters. The van der Waals surface area contributed by atoms with E-state index >= 15 is 0 Å². The fraction of sp³-hybridized carbons (Fsp3) is 0.118. The Morgan fingerprint density at radius 1 is 0.526 bits per heavy atom. The van der Waals surface area contributed by atoms with Gasteiger partial charge in [-0.3, -0.25) is 0 Å². The quantitative estimate of drug-likeness (QED) is 0.206. The second-order valence-electron chi connectivity index (χ2n) is 9.82. The molecule has 6 aromatic carbocycles. The molecule has 0 radical (unpaired) electrons. The van der Waals surface area contributed by atoms with Crippen molar-refractivity contribution in [2.24, 2.45) is 0 Å². The van der Waals surface area contributed by atoms with Crippen LogP contribution in [-0.4, -0.2) is 19.3 Å². The highest BCUT2D eigenvalue weighted by atomic mass is 16.6. The van der Waals surface area contributed by atoms with Crippen molar-refractivity contribution in [2.75, 3.05) is 13.2 Å². The Bertz CT molecular complexity index is 1800. The fourth-order valence-corrected chi connectivity index (χ4v) is 4.72. The summed E-state index contributed by atoms with van der Waals surface area (Å²) in [6, 6.07) is 37.1. The Balaban J connectivity index is 1.12. The van der Waals surface area contributed by atoms with Gasteiger partial charge >= 0.3 is 0 Å². The minimum atomic E-state index is 0.232. The van der Waals surface area contributed by atoms with E-state index in [-0.39, 0.29) is 6.10 Å². The van der Waals surface area contributed by atoms with Crippen LogP contribution < -0.4 is 14.2 Å². The van der Waals surface area contributed by atoms with Crippen molar-refractivity contribution in [3.63, 3.8) is 0 Å². The van der Waals surface area contributed by atoms with Gasteiger partial charge in [-0.25, -0.2) is 0 Å². The summed E-state index contributed by atoms with van der Waals surface area (Å²) in [6.07, 6.45) is 0.232. The van der Waals surface area contributed by atoms with Gasteiger partial charge in [0, 0.05) is 0 Å². The van der Waals surface area contributed by atoms with Gasteiger partial charge in [-0.1, -0.05) is 54.1 Å². The van der Waals surface area contributed by atoms with Gasteiger partial charge in [-0.2, -0.15) is 0 Å². The van der Waals surface area contributed by atoms with Crippen molar-refractivity contribution < 1.29 is 18.9 Å². The van der Waals surface area contributed by atoms with Gasteiger partial charge in [0.2, 0.25) is 0 Å². The zero-order valence-corrected chi connectivity index (χ0v) is 21.0. The SMILES string of the molecule is Cc1ccc2ccc(Oc3ccc4ccc(Oc5ccc6ccc(OCC7CO7)cc6c5)cc4c3)cc2c1. The molecule has 4 heteroatoms. The van der Waals surface area contributed by atoms with E-state index in [9.17, 15) is 0 Å². The highest BCUT2D eigenvalue weighted by Gasteiger charge is 2.23. The number of rotatable bonds is 7. The van der Waals surface area contributed by atoms with Gasteiger partial charge in [0.25, 0.3) is 0 Å². The topological polar surface area (TPSA) is 40.2 Å². The molecule has 0 spiro atoms. The van der Waals surface area contributed by atoms with E-state index in [1.54, 1.807) is 0 Å². The van der Waals surface area contributed by atoms with Crippen LogP contribution in [0.3, 0.4) is 0 Å². The second-order valence-corrected chi connectivity index (χ2v) is 9.82. The van der Waals surface area contributed by atoms with Crippen molar-refractivity contribution in [3.8, 4) is 28.7 Å². The second kappa shape index (κ2) is 9.40. The van der Waals surface area contributed by atoms with Gasteiger partial charge in [0.05, 0.1) is 6.61 Å². The minimum absolute atomic E-state index is 0.232. The zero-order chi connectivity index (χ0) is 25.5. The van der Waals surface area contributed by atoms with Crippen LogP contribution in [0.1, 0.15) is 5.56 Å². The Hall–Kier alpha value is -4.54. The zero-order valence-electron chi connectivity index (χ0n) is 21.0. The minimum Gasteiger partial charge on any atom is -0.491 e. The lowest BCUT2D eigenvalue weighted by molar-refractivity contribution is 0.263. The number of fused-ring (bicyclic) bond motifs is 3. The number of benzene rings is 6. The summed E-state index contributed by atoms with van der Waals surface area (Å²) in [7, 11) is 0. The molecule has 7 rings (SSSR count). The summed E-state index contributed by atoms with van der Waals surface area (Å²) in [5.74, 6) is 3.99. The predicted octanol–water partition coefficient (Wildman–Crippen LogP) is 8.82. The lowest BCUT2D eigenvalue weighted by Gasteiger charge is -2.11. The van der Waals surface area contributed by atoms with E-state index in [1.165, 1.54) is 16.3 Å². The number of ether oxygens (including phenoxy) is 4. The van der Waals surface area contributed by atoms with Gasteiger partial charge in [0.15, 0.2) is 0 Å². The number of aryl methyl sites for hydroxylation is 1. The third kappa shape index (κ3) is 4.86. The molecular formula is C34H26O4. The first kappa shape index (κ1) is 22.6. The summed E-state index contributed by atoms with van der Waals surface area (Å²) in [4.78, 5) is 0. The molecule has 0 N–H and O–H groups in total. The molecule has 0 aromatic heterocycles. The van der Waals surface area contributed by atoms with Gasteiger partial charge in [-0.15, -0.1) is 0 Å². The maximum Gasteiger partial charge on any atom is 0.128 e. The van der Waals surface area contributed by atoms with Crippen molar-refractivity contribution in [2.45, 2.75) is 13.0 Å². The first-order valence-electron chi connectivity index (χ1n) is 12.8. The maximum absolute atomic E-state index is 6.26. The molecule has 1 fully saturated rings. The molecule has 0 saturated carbocycles. The van der Waals surface area contributed by atoms with Crippen LogP contribution in [0.25, 0.3) is 32.3 Å². The molecule has 38 heavy (non-hydrogen) atoms. The number of epoxide rings is 1. The van der Waals surface area contributed by atoms with Crippen LogP contribution in [-0.2, 0) is 4.74 Å². The first-order valence-corrected chi connectivity index (χ1v) is 12.8. The third-order valence-corrected chi connectivity index (χ3v) is 6.84. The fourth-order valence-electron chi connectivity index (χ4n) is 4.72. The van der Waals surface area contributed by atoms with Gasteiger partial charge in [0.1, 0.15) is 41.5 Å². The molecule has 0 amide bonds. The summed E-state index contributed by atoms with van der Waals surface area (Å²) in [6.45, 7) is 3.48. The van der Waals surface area contributed by atoms with Crippen LogP contribution >= 0.6 is 0 Å². The van der Waals surface area contributed by atoms with Crippen LogP contribution in [0, 0.1) is 6.92 Å². The molecule has 0 bridgehead atoms. The summed E-state index contributed by atoms with van der Waals surface area (Å²) < 4.78 is 23.6. The molecule has 6 aromatic rings. The smallest absolute Gasteiger partial charge is 0.128 e. The normalized spacial score (nSPS) is 14.6. The van der Waals surface area contributed by atoms with E-state index < -0.39 is 0 Å². The van der Waals surface area contributed by atoms with Crippen molar-refractivity contribution in [3.05, 3.63) is 115 Å². The molecule has 186 valence electrons. The number of hydrogen-bond acceptors (Lipinski definition) is 4. The molecule has 1 unspecified atom stereocenters. The molecule has 1 heterocycles. The van der Waals surface area contributed by atoms with Crippen LogP contribution in [0.2, 0.25) is 0 Å². The summed E-state index contributed by atoms with van der Waals surface area (Å²) in [5.41, 5.74) is 1.23. The van der Waals surface area contributed by atoms with E-state index in [4.69, 9.17) is 18.9 Å². The van der Waals surface area contributed by atoms with Gasteiger partial charge < -0.3 is 18.9 Å². The molecule has 1 saturated heterocycles. The summed E-state index contributed by atoms with van der Waals surface area (Å²) in [5, 5.41) is 6.75. The first-order chi connectivity index (χ1) is 18.6. The Morgan fingerprint density at radius 3 is 1.39 bits per heavy atom. The molecular weight excluding hydrogens is 472 g/mol. The van der Waals surface area contributed by atoms with E-state index in [0.717, 1.165) is 56.9 Å². The lowest BCUT2D eigenvalue weighted by atomic mass is 10.1. The molecule has 0 aliphatic carbocycles. The van der Waals surface area contributed by atoms with Crippen molar-refractivity contribution >= 4 is 32.3 Å². The van der Waals surface area contributed by atoms with E-state index in [0.29, 0.717) is 6.61 Å². The van der Waals surface area contributed by atoms with Crippen LogP contribution in [0.4, 0.5) is 0 Å². The maximum atomic E-state index is 6.26.